The van der Waals surface area contributed by atoms with Crippen molar-refractivity contribution in [3.8, 4) is 6.07 Å². The van der Waals surface area contributed by atoms with Gasteiger partial charge < -0.3 is 9.30 Å². The Kier molecular flexibility index (Phi) is 4.61. The first-order chi connectivity index (χ1) is 5.45. The SMILES string of the molecule is CP(C)(=O)CC(=O)OCCC#N. The molecule has 0 bridgehead atoms. The first kappa shape index (κ1) is 11.2. The summed E-state index contributed by atoms with van der Waals surface area (Å²) in [6.45, 7) is 3.15. The molecule has 0 aliphatic carbocycles. The number of esters is 1. The Morgan fingerprint density at radius 3 is 2.58 bits per heavy atom. The number of carbonyl (C=O) groups excluding carboxylic acids is 1. The highest BCUT2D eigenvalue weighted by Crippen LogP contribution is 2.35. The van der Waals surface area contributed by atoms with Crippen LogP contribution in [-0.4, -0.2) is 32.1 Å². The molecule has 0 aromatic heterocycles. The molecular weight excluding hydrogens is 177 g/mol. The van der Waals surface area contributed by atoms with Gasteiger partial charge in [0.25, 0.3) is 0 Å². The van der Waals surface area contributed by atoms with Gasteiger partial charge in [-0.15, -0.1) is 0 Å². The summed E-state index contributed by atoms with van der Waals surface area (Å²) in [5.41, 5.74) is 0. The van der Waals surface area contributed by atoms with Crippen molar-refractivity contribution in [3.63, 3.8) is 0 Å². The predicted octanol–water partition coefficient (Wildman–Crippen LogP) is 1.07. The Labute approximate surface area is 71.9 Å². The van der Waals surface area contributed by atoms with Crippen LogP contribution in [0, 0.1) is 11.3 Å². The molecule has 0 radical (unpaired) electrons. The van der Waals surface area contributed by atoms with Crippen molar-refractivity contribution >= 4 is 13.1 Å². The summed E-state index contributed by atoms with van der Waals surface area (Å²) in [6, 6.07) is 1.84. The van der Waals surface area contributed by atoms with E-state index in [4.69, 9.17) is 5.26 Å². The summed E-state index contributed by atoms with van der Waals surface area (Å²) in [4.78, 5) is 10.8. The number of carbonyl (C=O) groups is 1. The number of nitrogens with zero attached hydrogens (tertiary/aromatic N) is 1. The van der Waals surface area contributed by atoms with Crippen LogP contribution < -0.4 is 0 Å². The van der Waals surface area contributed by atoms with Crippen LogP contribution >= 0.6 is 7.14 Å². The lowest BCUT2D eigenvalue weighted by Gasteiger charge is -2.05. The second-order valence-electron chi connectivity index (χ2n) is 2.86. The molecule has 0 rings (SSSR count). The maximum absolute atomic E-state index is 11.1. The van der Waals surface area contributed by atoms with Crippen LogP contribution in [0.3, 0.4) is 0 Å². The molecule has 0 saturated heterocycles. The van der Waals surface area contributed by atoms with Crippen molar-refractivity contribution in [2.45, 2.75) is 6.42 Å². The second-order valence-corrected chi connectivity index (χ2v) is 6.32. The molecule has 0 heterocycles. The number of ether oxygens (including phenoxy) is 1. The molecule has 0 atom stereocenters. The fourth-order valence-electron chi connectivity index (χ4n) is 0.567. The van der Waals surface area contributed by atoms with Gasteiger partial charge in [0.15, 0.2) is 0 Å². The maximum Gasteiger partial charge on any atom is 0.313 e. The van der Waals surface area contributed by atoms with Gasteiger partial charge in [0, 0.05) is 0 Å². The lowest BCUT2D eigenvalue weighted by Crippen LogP contribution is -2.10. The van der Waals surface area contributed by atoms with E-state index < -0.39 is 13.1 Å². The van der Waals surface area contributed by atoms with Crippen LogP contribution in [0.1, 0.15) is 6.42 Å². The van der Waals surface area contributed by atoms with Gasteiger partial charge in [-0.3, -0.25) is 4.79 Å². The van der Waals surface area contributed by atoms with Gasteiger partial charge in [0.05, 0.1) is 25.8 Å². The Morgan fingerprint density at radius 2 is 2.17 bits per heavy atom. The molecule has 0 aromatic rings. The van der Waals surface area contributed by atoms with Gasteiger partial charge in [0.1, 0.15) is 6.61 Å². The van der Waals surface area contributed by atoms with E-state index in [1.165, 1.54) is 13.3 Å². The first-order valence-electron chi connectivity index (χ1n) is 3.52. The molecule has 5 heteroatoms. The molecule has 0 aromatic carbocycles. The van der Waals surface area contributed by atoms with E-state index in [9.17, 15) is 9.36 Å². The van der Waals surface area contributed by atoms with Crippen molar-refractivity contribution in [2.75, 3.05) is 26.1 Å². The summed E-state index contributed by atoms with van der Waals surface area (Å²) < 4.78 is 15.7. The van der Waals surface area contributed by atoms with E-state index >= 15 is 0 Å². The molecule has 0 aliphatic heterocycles. The molecule has 0 amide bonds. The molecular formula is C7H12NO3P. The van der Waals surface area contributed by atoms with Gasteiger partial charge in [0.2, 0.25) is 0 Å². The molecule has 0 saturated carbocycles. The van der Waals surface area contributed by atoms with Crippen LogP contribution in [0.5, 0.6) is 0 Å². The van der Waals surface area contributed by atoms with E-state index in [0.29, 0.717) is 0 Å². The van der Waals surface area contributed by atoms with Gasteiger partial charge in [-0.05, 0) is 13.3 Å². The Hall–Kier alpha value is -0.810. The van der Waals surface area contributed by atoms with Crippen LogP contribution in [0.25, 0.3) is 0 Å². The number of nitriles is 1. The first-order valence-corrected chi connectivity index (χ1v) is 6.31. The number of rotatable bonds is 4. The number of hydrogen-bond donors (Lipinski definition) is 0. The lowest BCUT2D eigenvalue weighted by atomic mass is 10.5. The minimum absolute atomic E-state index is 0.0432. The van der Waals surface area contributed by atoms with E-state index in [1.807, 2.05) is 6.07 Å². The van der Waals surface area contributed by atoms with Crippen molar-refractivity contribution < 1.29 is 14.1 Å². The van der Waals surface area contributed by atoms with E-state index in [2.05, 4.69) is 4.74 Å². The van der Waals surface area contributed by atoms with Crippen LogP contribution in [0.4, 0.5) is 0 Å². The van der Waals surface area contributed by atoms with Gasteiger partial charge in [-0.25, -0.2) is 0 Å². The Morgan fingerprint density at radius 1 is 1.58 bits per heavy atom. The van der Waals surface area contributed by atoms with Crippen molar-refractivity contribution in [1.29, 1.82) is 5.26 Å². The second kappa shape index (κ2) is 4.95. The molecule has 0 aliphatic rings. The third-order valence-corrected chi connectivity index (χ3v) is 2.01. The predicted molar refractivity (Wildman–Crippen MR) is 45.5 cm³/mol. The summed E-state index contributed by atoms with van der Waals surface area (Å²) in [5, 5.41) is 8.12. The monoisotopic (exact) mass is 189 g/mol. The van der Waals surface area contributed by atoms with Crippen LogP contribution in [0.15, 0.2) is 0 Å². The minimum atomic E-state index is -2.33. The van der Waals surface area contributed by atoms with Crippen LogP contribution in [0.2, 0.25) is 0 Å². The highest BCUT2D eigenvalue weighted by molar-refractivity contribution is 7.63. The largest absolute Gasteiger partial charge is 0.464 e. The zero-order valence-electron chi connectivity index (χ0n) is 7.24. The Bertz CT molecular complexity index is 238. The molecule has 0 unspecified atom stereocenters. The zero-order chi connectivity index (χ0) is 9.61. The molecule has 12 heavy (non-hydrogen) atoms. The van der Waals surface area contributed by atoms with E-state index in [1.54, 1.807) is 0 Å². The number of hydrogen-bond acceptors (Lipinski definition) is 4. The molecule has 4 nitrogen and oxygen atoms in total. The van der Waals surface area contributed by atoms with E-state index in [0.717, 1.165) is 0 Å². The lowest BCUT2D eigenvalue weighted by molar-refractivity contribution is -0.140. The standard InChI is InChI=1S/C7H12NO3P/c1-12(2,10)6-7(9)11-5-3-4-8/h3,5-6H2,1-2H3. The topological polar surface area (TPSA) is 67.2 Å². The fourth-order valence-corrected chi connectivity index (χ4v) is 1.28. The third-order valence-electron chi connectivity index (χ3n) is 0.987. The minimum Gasteiger partial charge on any atom is -0.464 e. The van der Waals surface area contributed by atoms with Crippen LogP contribution in [-0.2, 0) is 14.1 Å². The fraction of sp³-hybridized carbons (Fsp3) is 0.714. The molecule has 0 fully saturated rings. The van der Waals surface area contributed by atoms with Gasteiger partial charge in [-0.2, -0.15) is 5.26 Å². The Balaban J connectivity index is 3.63. The zero-order valence-corrected chi connectivity index (χ0v) is 8.13. The van der Waals surface area contributed by atoms with Crippen molar-refractivity contribution in [3.05, 3.63) is 0 Å². The molecule has 0 spiro atoms. The smallest absolute Gasteiger partial charge is 0.313 e. The summed E-state index contributed by atoms with van der Waals surface area (Å²) in [5.74, 6) is -0.487. The summed E-state index contributed by atoms with van der Waals surface area (Å²) in [7, 11) is -2.33. The highest BCUT2D eigenvalue weighted by atomic mass is 31.2. The van der Waals surface area contributed by atoms with Gasteiger partial charge in [-0.1, -0.05) is 0 Å². The normalized spacial score (nSPS) is 10.4. The highest BCUT2D eigenvalue weighted by Gasteiger charge is 2.14. The van der Waals surface area contributed by atoms with Crippen molar-refractivity contribution in [2.24, 2.45) is 0 Å². The van der Waals surface area contributed by atoms with Gasteiger partial charge >= 0.3 is 5.97 Å². The third kappa shape index (κ3) is 7.30. The van der Waals surface area contributed by atoms with Crippen molar-refractivity contribution in [1.82, 2.24) is 0 Å². The molecule has 68 valence electrons. The van der Waals surface area contributed by atoms with E-state index in [-0.39, 0.29) is 19.2 Å². The quantitative estimate of drug-likeness (QED) is 0.377. The average Bonchev–Trinajstić information content (AvgIpc) is 1.84. The molecule has 0 N–H and O–H groups in total. The summed E-state index contributed by atoms with van der Waals surface area (Å²) >= 11 is 0. The maximum atomic E-state index is 11.1. The average molecular weight is 189 g/mol. The summed E-state index contributed by atoms with van der Waals surface area (Å²) in [6.07, 6.45) is 0.141.